The average Bonchev–Trinajstić information content (AvgIpc) is 2.47. The molecule has 1 amide bonds. The molecule has 1 saturated heterocycles. The number of carboxylic acid groups (broad SMARTS) is 1. The molecule has 1 aliphatic rings. The molecule has 4 nitrogen and oxygen atoms in total. The van der Waals surface area contributed by atoms with E-state index in [1.54, 1.807) is 4.90 Å². The molecule has 1 fully saturated rings. The van der Waals surface area contributed by atoms with Gasteiger partial charge in [0.2, 0.25) is 5.91 Å². The van der Waals surface area contributed by atoms with E-state index in [0.717, 1.165) is 6.42 Å². The molecular formula is C10H17NO3. The summed E-state index contributed by atoms with van der Waals surface area (Å²) in [5.74, 6) is -1.08. The van der Waals surface area contributed by atoms with Crippen LogP contribution in [0.1, 0.15) is 33.1 Å². The zero-order chi connectivity index (χ0) is 10.7. The lowest BCUT2D eigenvalue weighted by atomic mass is 10.0. The van der Waals surface area contributed by atoms with Crippen molar-refractivity contribution in [3.63, 3.8) is 0 Å². The van der Waals surface area contributed by atoms with E-state index >= 15 is 0 Å². The summed E-state index contributed by atoms with van der Waals surface area (Å²) in [6.07, 6.45) is 1.93. The summed E-state index contributed by atoms with van der Waals surface area (Å²) in [4.78, 5) is 24.1. The lowest BCUT2D eigenvalue weighted by Gasteiger charge is -2.23. The minimum atomic E-state index is -0.788. The van der Waals surface area contributed by atoms with Crippen LogP contribution in [0.2, 0.25) is 0 Å². The number of amides is 1. The van der Waals surface area contributed by atoms with Crippen LogP contribution in [0.25, 0.3) is 0 Å². The fraction of sp³-hybridized carbons (Fsp3) is 0.800. The molecule has 2 atom stereocenters. The van der Waals surface area contributed by atoms with E-state index in [9.17, 15) is 9.59 Å². The van der Waals surface area contributed by atoms with Crippen LogP contribution >= 0.6 is 0 Å². The van der Waals surface area contributed by atoms with Gasteiger partial charge in [0.25, 0.3) is 0 Å². The molecule has 0 spiro atoms. The second-order valence-electron chi connectivity index (χ2n) is 3.81. The van der Waals surface area contributed by atoms with Crippen molar-refractivity contribution in [2.24, 2.45) is 5.92 Å². The van der Waals surface area contributed by atoms with Gasteiger partial charge in [-0.1, -0.05) is 6.92 Å². The highest BCUT2D eigenvalue weighted by Crippen LogP contribution is 2.24. The van der Waals surface area contributed by atoms with Gasteiger partial charge < -0.3 is 10.0 Å². The molecule has 1 heterocycles. The molecule has 80 valence electrons. The van der Waals surface area contributed by atoms with Crippen LogP contribution < -0.4 is 0 Å². The molecule has 1 aliphatic heterocycles. The molecule has 4 heteroatoms. The number of aliphatic carboxylic acids is 1. The quantitative estimate of drug-likeness (QED) is 0.740. The summed E-state index contributed by atoms with van der Waals surface area (Å²) in [6.45, 7) is 4.36. The van der Waals surface area contributed by atoms with Gasteiger partial charge in [-0.3, -0.25) is 9.59 Å². The van der Waals surface area contributed by atoms with Gasteiger partial charge in [-0.15, -0.1) is 0 Å². The van der Waals surface area contributed by atoms with Crippen molar-refractivity contribution < 1.29 is 14.7 Å². The maximum Gasteiger partial charge on any atom is 0.308 e. The molecule has 1 N–H and O–H groups in total. The molecule has 0 aromatic rings. The van der Waals surface area contributed by atoms with E-state index in [1.807, 2.05) is 13.8 Å². The highest BCUT2D eigenvalue weighted by molar-refractivity contribution is 5.79. The molecule has 0 aromatic heterocycles. The minimum absolute atomic E-state index is 0.0868. The van der Waals surface area contributed by atoms with Crippen molar-refractivity contribution in [2.45, 2.75) is 39.2 Å². The first-order chi connectivity index (χ1) is 6.57. The first-order valence-corrected chi connectivity index (χ1v) is 5.10. The second-order valence-corrected chi connectivity index (χ2v) is 3.81. The van der Waals surface area contributed by atoms with E-state index in [2.05, 4.69) is 0 Å². The topological polar surface area (TPSA) is 57.6 Å². The van der Waals surface area contributed by atoms with Gasteiger partial charge in [0.05, 0.1) is 5.92 Å². The number of hydrogen-bond donors (Lipinski definition) is 1. The first kappa shape index (κ1) is 11.0. The molecular weight excluding hydrogens is 182 g/mol. The van der Waals surface area contributed by atoms with Crippen molar-refractivity contribution in [1.82, 2.24) is 4.90 Å². The zero-order valence-electron chi connectivity index (χ0n) is 8.69. The first-order valence-electron chi connectivity index (χ1n) is 5.10. The van der Waals surface area contributed by atoms with Crippen LogP contribution in [0, 0.1) is 5.92 Å². The Balaban J connectivity index is 2.59. The van der Waals surface area contributed by atoms with E-state index in [-0.39, 0.29) is 17.9 Å². The van der Waals surface area contributed by atoms with Crippen LogP contribution in [0.4, 0.5) is 0 Å². The standard InChI is InChI=1S/C10H17NO3/c1-3-4-9(12)11-6-5-8(7(11)2)10(13)14/h7-8H,3-6H2,1-2H3,(H,13,14). The fourth-order valence-electron chi connectivity index (χ4n) is 1.98. The smallest absolute Gasteiger partial charge is 0.308 e. The maximum absolute atomic E-state index is 11.6. The van der Waals surface area contributed by atoms with Gasteiger partial charge in [0, 0.05) is 19.0 Å². The summed E-state index contributed by atoms with van der Waals surface area (Å²) in [6, 6.07) is -0.147. The molecule has 0 bridgehead atoms. The Labute approximate surface area is 83.9 Å². The Morgan fingerprint density at radius 2 is 2.14 bits per heavy atom. The SMILES string of the molecule is CCCC(=O)N1CCC(C(=O)O)C1C. The molecule has 2 unspecified atom stereocenters. The van der Waals surface area contributed by atoms with Crippen LogP contribution in [-0.2, 0) is 9.59 Å². The number of rotatable bonds is 3. The predicted molar refractivity (Wildman–Crippen MR) is 51.8 cm³/mol. The normalized spacial score (nSPS) is 26.6. The van der Waals surface area contributed by atoms with Crippen LogP contribution in [-0.4, -0.2) is 34.5 Å². The van der Waals surface area contributed by atoms with Crippen LogP contribution in [0.3, 0.4) is 0 Å². The van der Waals surface area contributed by atoms with Gasteiger partial charge in [0.15, 0.2) is 0 Å². The Morgan fingerprint density at radius 1 is 1.50 bits per heavy atom. The van der Waals surface area contributed by atoms with Crippen LogP contribution in [0.15, 0.2) is 0 Å². The third kappa shape index (κ3) is 2.05. The summed E-state index contributed by atoms with van der Waals surface area (Å²) in [5, 5.41) is 8.88. The van der Waals surface area contributed by atoms with Gasteiger partial charge in [-0.2, -0.15) is 0 Å². The number of likely N-dealkylation sites (tertiary alicyclic amines) is 1. The molecule has 0 saturated carbocycles. The van der Waals surface area contributed by atoms with Crippen molar-refractivity contribution >= 4 is 11.9 Å². The number of nitrogens with zero attached hydrogens (tertiary/aromatic N) is 1. The lowest BCUT2D eigenvalue weighted by Crippen LogP contribution is -2.37. The maximum atomic E-state index is 11.6. The molecule has 0 aliphatic carbocycles. The lowest BCUT2D eigenvalue weighted by molar-refractivity contribution is -0.143. The predicted octanol–water partition coefficient (Wildman–Crippen LogP) is 1.11. The van der Waals surface area contributed by atoms with Crippen molar-refractivity contribution in [2.75, 3.05) is 6.54 Å². The van der Waals surface area contributed by atoms with E-state index in [4.69, 9.17) is 5.11 Å². The number of carboxylic acids is 1. The van der Waals surface area contributed by atoms with Gasteiger partial charge >= 0.3 is 5.97 Å². The second kappa shape index (κ2) is 4.44. The van der Waals surface area contributed by atoms with Crippen molar-refractivity contribution in [3.05, 3.63) is 0 Å². The highest BCUT2D eigenvalue weighted by Gasteiger charge is 2.37. The summed E-state index contributed by atoms with van der Waals surface area (Å²) in [5.41, 5.74) is 0. The molecule has 0 radical (unpaired) electrons. The highest BCUT2D eigenvalue weighted by atomic mass is 16.4. The Bertz CT molecular complexity index is 240. The fourth-order valence-corrected chi connectivity index (χ4v) is 1.98. The monoisotopic (exact) mass is 199 g/mol. The third-order valence-electron chi connectivity index (χ3n) is 2.86. The summed E-state index contributed by atoms with van der Waals surface area (Å²) in [7, 11) is 0. The summed E-state index contributed by atoms with van der Waals surface area (Å²) >= 11 is 0. The molecule has 14 heavy (non-hydrogen) atoms. The van der Waals surface area contributed by atoms with Crippen molar-refractivity contribution in [3.8, 4) is 0 Å². The van der Waals surface area contributed by atoms with Gasteiger partial charge in [-0.05, 0) is 19.8 Å². The van der Waals surface area contributed by atoms with E-state index in [0.29, 0.717) is 19.4 Å². The number of carbonyl (C=O) groups excluding carboxylic acids is 1. The Hall–Kier alpha value is -1.06. The molecule has 0 aromatic carbocycles. The summed E-state index contributed by atoms with van der Waals surface area (Å²) < 4.78 is 0. The number of hydrogen-bond acceptors (Lipinski definition) is 2. The average molecular weight is 199 g/mol. The third-order valence-corrected chi connectivity index (χ3v) is 2.86. The van der Waals surface area contributed by atoms with E-state index in [1.165, 1.54) is 0 Å². The van der Waals surface area contributed by atoms with Crippen molar-refractivity contribution in [1.29, 1.82) is 0 Å². The number of carbonyl (C=O) groups is 2. The van der Waals surface area contributed by atoms with Crippen LogP contribution in [0.5, 0.6) is 0 Å². The molecule has 1 rings (SSSR count). The largest absolute Gasteiger partial charge is 0.481 e. The van der Waals surface area contributed by atoms with Gasteiger partial charge in [-0.25, -0.2) is 0 Å². The van der Waals surface area contributed by atoms with Gasteiger partial charge in [0.1, 0.15) is 0 Å². The Kier molecular flexibility index (Phi) is 3.49. The van der Waals surface area contributed by atoms with E-state index < -0.39 is 5.97 Å². The zero-order valence-corrected chi connectivity index (χ0v) is 8.69. The minimum Gasteiger partial charge on any atom is -0.481 e. The Morgan fingerprint density at radius 3 is 2.57 bits per heavy atom.